The SMILES string of the molecule is COc1ccc(C)cc1S(=O)(=O)NC(CC(=O)O)c1ccsc1. The molecule has 0 aliphatic rings. The fraction of sp³-hybridized carbons (Fsp3) is 0.267. The lowest BCUT2D eigenvalue weighted by Crippen LogP contribution is -2.30. The second kappa shape index (κ2) is 7.12. The summed E-state index contributed by atoms with van der Waals surface area (Å²) in [6.07, 6.45) is -0.343. The van der Waals surface area contributed by atoms with E-state index in [0.29, 0.717) is 5.56 Å². The molecule has 0 aliphatic carbocycles. The van der Waals surface area contributed by atoms with Crippen molar-refractivity contribution in [3.8, 4) is 5.75 Å². The van der Waals surface area contributed by atoms with Crippen LogP contribution in [-0.4, -0.2) is 26.6 Å². The van der Waals surface area contributed by atoms with Gasteiger partial charge in [0.25, 0.3) is 0 Å². The van der Waals surface area contributed by atoms with Gasteiger partial charge in [-0.3, -0.25) is 4.79 Å². The minimum absolute atomic E-state index is 0.00869. The maximum atomic E-state index is 12.7. The molecule has 0 spiro atoms. The van der Waals surface area contributed by atoms with E-state index in [-0.39, 0.29) is 17.1 Å². The van der Waals surface area contributed by atoms with Crippen molar-refractivity contribution >= 4 is 27.3 Å². The van der Waals surface area contributed by atoms with E-state index in [4.69, 9.17) is 9.84 Å². The molecule has 0 fully saturated rings. The zero-order chi connectivity index (χ0) is 17.0. The number of hydrogen-bond donors (Lipinski definition) is 2. The van der Waals surface area contributed by atoms with Gasteiger partial charge in [0.2, 0.25) is 10.0 Å². The van der Waals surface area contributed by atoms with Crippen LogP contribution in [0.3, 0.4) is 0 Å². The molecule has 0 amide bonds. The van der Waals surface area contributed by atoms with Crippen LogP contribution in [0.1, 0.15) is 23.6 Å². The molecule has 1 aromatic heterocycles. The predicted molar refractivity (Wildman–Crippen MR) is 87.4 cm³/mol. The van der Waals surface area contributed by atoms with E-state index >= 15 is 0 Å². The first-order valence-electron chi connectivity index (χ1n) is 6.74. The number of nitrogens with one attached hydrogen (secondary N) is 1. The molecular formula is C15H17NO5S2. The first kappa shape index (κ1) is 17.5. The molecule has 0 saturated heterocycles. The molecule has 1 aromatic carbocycles. The van der Waals surface area contributed by atoms with Gasteiger partial charge in [0, 0.05) is 0 Å². The minimum atomic E-state index is -3.93. The van der Waals surface area contributed by atoms with E-state index in [2.05, 4.69) is 4.72 Å². The maximum Gasteiger partial charge on any atom is 0.305 e. The number of aliphatic carboxylic acids is 1. The second-order valence-electron chi connectivity index (χ2n) is 4.98. The van der Waals surface area contributed by atoms with Gasteiger partial charge in [0.05, 0.1) is 19.6 Å². The Morgan fingerprint density at radius 1 is 1.39 bits per heavy atom. The fourth-order valence-electron chi connectivity index (χ4n) is 2.12. The van der Waals surface area contributed by atoms with Gasteiger partial charge in [-0.1, -0.05) is 6.07 Å². The number of hydrogen-bond acceptors (Lipinski definition) is 5. The summed E-state index contributed by atoms with van der Waals surface area (Å²) in [5.41, 5.74) is 1.38. The molecule has 1 unspecified atom stereocenters. The minimum Gasteiger partial charge on any atom is -0.495 e. The molecule has 1 atom stereocenters. The largest absolute Gasteiger partial charge is 0.495 e. The van der Waals surface area contributed by atoms with E-state index in [0.717, 1.165) is 5.56 Å². The lowest BCUT2D eigenvalue weighted by Gasteiger charge is -2.18. The Labute approximate surface area is 138 Å². The summed E-state index contributed by atoms with van der Waals surface area (Å²) < 4.78 is 32.9. The zero-order valence-corrected chi connectivity index (χ0v) is 14.3. The van der Waals surface area contributed by atoms with Crippen molar-refractivity contribution in [2.24, 2.45) is 0 Å². The smallest absolute Gasteiger partial charge is 0.305 e. The Kier molecular flexibility index (Phi) is 5.40. The standard InChI is InChI=1S/C15H17NO5S2/c1-10-3-4-13(21-2)14(7-10)23(19,20)16-12(8-15(17)18)11-5-6-22-9-11/h3-7,9,12,16H,8H2,1-2H3,(H,17,18). The molecule has 0 aliphatic heterocycles. The van der Waals surface area contributed by atoms with Crippen molar-refractivity contribution in [2.45, 2.75) is 24.3 Å². The number of methoxy groups -OCH3 is 1. The number of carbonyl (C=O) groups is 1. The summed E-state index contributed by atoms with van der Waals surface area (Å²) in [5, 5.41) is 12.5. The van der Waals surface area contributed by atoms with Crippen molar-refractivity contribution in [1.82, 2.24) is 4.72 Å². The van der Waals surface area contributed by atoms with Crippen LogP contribution in [0.4, 0.5) is 0 Å². The van der Waals surface area contributed by atoms with Crippen LogP contribution in [-0.2, 0) is 14.8 Å². The molecule has 0 radical (unpaired) electrons. The van der Waals surface area contributed by atoms with Crippen molar-refractivity contribution in [3.63, 3.8) is 0 Å². The van der Waals surface area contributed by atoms with Crippen LogP contribution < -0.4 is 9.46 Å². The summed E-state index contributed by atoms with van der Waals surface area (Å²) >= 11 is 1.37. The molecule has 23 heavy (non-hydrogen) atoms. The summed E-state index contributed by atoms with van der Waals surface area (Å²) in [4.78, 5) is 11.0. The predicted octanol–water partition coefficient (Wildman–Crippen LogP) is 2.56. The lowest BCUT2D eigenvalue weighted by molar-refractivity contribution is -0.137. The first-order chi connectivity index (χ1) is 10.8. The normalized spacial score (nSPS) is 12.8. The van der Waals surface area contributed by atoms with Gasteiger partial charge in [-0.05, 0) is 47.0 Å². The molecule has 0 bridgehead atoms. The number of aryl methyl sites for hydroxylation is 1. The highest BCUT2D eigenvalue weighted by Crippen LogP contribution is 2.28. The van der Waals surface area contributed by atoms with Crippen LogP contribution in [0, 0.1) is 6.92 Å². The number of carboxylic acids is 1. The van der Waals surface area contributed by atoms with Crippen molar-refractivity contribution in [3.05, 3.63) is 46.2 Å². The molecule has 2 rings (SSSR count). The van der Waals surface area contributed by atoms with Gasteiger partial charge < -0.3 is 9.84 Å². The molecular weight excluding hydrogens is 338 g/mol. The third-order valence-corrected chi connectivity index (χ3v) is 5.42. The quantitative estimate of drug-likeness (QED) is 0.796. The Morgan fingerprint density at radius 3 is 2.70 bits per heavy atom. The summed E-state index contributed by atoms with van der Waals surface area (Å²) in [6.45, 7) is 1.77. The third-order valence-electron chi connectivity index (χ3n) is 3.23. The fourth-order valence-corrected chi connectivity index (χ4v) is 4.31. The van der Waals surface area contributed by atoms with Gasteiger partial charge in [0.1, 0.15) is 10.6 Å². The highest BCUT2D eigenvalue weighted by molar-refractivity contribution is 7.89. The van der Waals surface area contributed by atoms with Crippen LogP contribution in [0.2, 0.25) is 0 Å². The molecule has 124 valence electrons. The first-order valence-corrected chi connectivity index (χ1v) is 9.17. The Morgan fingerprint density at radius 2 is 2.13 bits per heavy atom. The van der Waals surface area contributed by atoms with Crippen LogP contribution in [0.15, 0.2) is 39.9 Å². The topological polar surface area (TPSA) is 92.7 Å². The van der Waals surface area contributed by atoms with E-state index in [1.165, 1.54) is 24.5 Å². The molecule has 6 nitrogen and oxygen atoms in total. The van der Waals surface area contributed by atoms with Crippen molar-refractivity contribution in [2.75, 3.05) is 7.11 Å². The number of ether oxygens (including phenoxy) is 1. The van der Waals surface area contributed by atoms with Gasteiger partial charge >= 0.3 is 5.97 Å². The third kappa shape index (κ3) is 4.31. The van der Waals surface area contributed by atoms with Gasteiger partial charge in [-0.25, -0.2) is 13.1 Å². The van der Waals surface area contributed by atoms with E-state index in [9.17, 15) is 13.2 Å². The van der Waals surface area contributed by atoms with Crippen molar-refractivity contribution < 1.29 is 23.1 Å². The molecule has 8 heteroatoms. The monoisotopic (exact) mass is 355 g/mol. The second-order valence-corrected chi connectivity index (χ2v) is 7.45. The Hall–Kier alpha value is -1.90. The summed E-state index contributed by atoms with van der Waals surface area (Å²) in [6, 6.07) is 5.67. The highest BCUT2D eigenvalue weighted by Gasteiger charge is 2.26. The van der Waals surface area contributed by atoms with E-state index in [1.54, 1.807) is 35.9 Å². The highest BCUT2D eigenvalue weighted by atomic mass is 32.2. The van der Waals surface area contributed by atoms with Crippen LogP contribution in [0.5, 0.6) is 5.75 Å². The molecule has 2 aromatic rings. The number of benzene rings is 1. The van der Waals surface area contributed by atoms with Gasteiger partial charge in [0.15, 0.2) is 0 Å². The lowest BCUT2D eigenvalue weighted by atomic mass is 10.1. The molecule has 1 heterocycles. The average molecular weight is 355 g/mol. The van der Waals surface area contributed by atoms with Gasteiger partial charge in [-0.15, -0.1) is 0 Å². The number of sulfonamides is 1. The van der Waals surface area contributed by atoms with Crippen LogP contribution >= 0.6 is 11.3 Å². The van der Waals surface area contributed by atoms with E-state index < -0.39 is 22.0 Å². The van der Waals surface area contributed by atoms with Gasteiger partial charge in [-0.2, -0.15) is 11.3 Å². The zero-order valence-electron chi connectivity index (χ0n) is 12.6. The van der Waals surface area contributed by atoms with E-state index in [1.807, 2.05) is 0 Å². The Bertz CT molecular complexity index is 784. The molecule has 2 N–H and O–H groups in total. The number of rotatable bonds is 7. The molecule has 0 saturated carbocycles. The average Bonchev–Trinajstić information content (AvgIpc) is 3.00. The summed E-state index contributed by atoms with van der Waals surface area (Å²) in [5.74, 6) is -0.873. The summed E-state index contributed by atoms with van der Waals surface area (Å²) in [7, 11) is -2.54. The number of carboxylic acid groups (broad SMARTS) is 1. The maximum absolute atomic E-state index is 12.7. The van der Waals surface area contributed by atoms with Crippen LogP contribution in [0.25, 0.3) is 0 Å². The Balaban J connectivity index is 2.38. The van der Waals surface area contributed by atoms with Crippen molar-refractivity contribution in [1.29, 1.82) is 0 Å². The number of thiophene rings is 1.